The van der Waals surface area contributed by atoms with E-state index in [-0.39, 0.29) is 11.6 Å². The predicted octanol–water partition coefficient (Wildman–Crippen LogP) is 1.56. The van der Waals surface area contributed by atoms with Crippen LogP contribution in [-0.2, 0) is 6.42 Å². The molecule has 0 aliphatic heterocycles. The summed E-state index contributed by atoms with van der Waals surface area (Å²) >= 11 is 0. The Bertz CT molecular complexity index is 649. The molecule has 1 aromatic carbocycles. The zero-order valence-corrected chi connectivity index (χ0v) is 11.9. The second-order valence-corrected chi connectivity index (χ2v) is 5.49. The number of hydrogen-bond donors (Lipinski definition) is 2. The molecule has 110 valence electrons. The van der Waals surface area contributed by atoms with Crippen LogP contribution in [-0.4, -0.2) is 22.1 Å². The van der Waals surface area contributed by atoms with Crippen LogP contribution < -0.4 is 16.6 Å². The summed E-state index contributed by atoms with van der Waals surface area (Å²) in [6.45, 7) is 0.453. The molecule has 5 heteroatoms. The molecule has 1 atom stereocenters. The van der Waals surface area contributed by atoms with Gasteiger partial charge in [-0.3, -0.25) is 4.79 Å². The highest BCUT2D eigenvalue weighted by atomic mass is 16.1. The van der Waals surface area contributed by atoms with Crippen molar-refractivity contribution in [1.29, 1.82) is 0 Å². The number of nitrogens with two attached hydrogens (primary N) is 1. The summed E-state index contributed by atoms with van der Waals surface area (Å²) in [5.74, 6) is 0.399. The first-order valence-electron chi connectivity index (χ1n) is 7.35. The van der Waals surface area contributed by atoms with E-state index in [1.165, 1.54) is 5.56 Å². The average Bonchev–Trinajstić information content (AvgIpc) is 3.34. The SMILES string of the molecule is NCC(Cc1ccccc1)Nc1nccn(C2CC2)c1=O. The molecule has 0 spiro atoms. The van der Waals surface area contributed by atoms with Gasteiger partial charge >= 0.3 is 0 Å². The number of nitrogens with one attached hydrogen (secondary N) is 1. The van der Waals surface area contributed by atoms with Crippen molar-refractivity contribution in [3.05, 3.63) is 58.6 Å². The minimum atomic E-state index is -0.0495. The Labute approximate surface area is 123 Å². The highest BCUT2D eigenvalue weighted by molar-refractivity contribution is 5.34. The van der Waals surface area contributed by atoms with E-state index in [4.69, 9.17) is 5.73 Å². The summed E-state index contributed by atoms with van der Waals surface area (Å²) in [4.78, 5) is 16.5. The Morgan fingerprint density at radius 2 is 2.10 bits per heavy atom. The van der Waals surface area contributed by atoms with Gasteiger partial charge in [-0.15, -0.1) is 0 Å². The van der Waals surface area contributed by atoms with Gasteiger partial charge in [0, 0.05) is 31.0 Å². The van der Waals surface area contributed by atoms with Crippen molar-refractivity contribution < 1.29 is 0 Å². The van der Waals surface area contributed by atoms with Crippen LogP contribution in [0.4, 0.5) is 5.82 Å². The fourth-order valence-electron chi connectivity index (χ4n) is 2.45. The Hall–Kier alpha value is -2.14. The summed E-state index contributed by atoms with van der Waals surface area (Å²) in [6, 6.07) is 10.5. The molecule has 0 amide bonds. The molecule has 1 aromatic heterocycles. The number of hydrogen-bond acceptors (Lipinski definition) is 4. The first kappa shape index (κ1) is 13.8. The molecule has 0 saturated heterocycles. The zero-order chi connectivity index (χ0) is 14.7. The van der Waals surface area contributed by atoms with Gasteiger partial charge in [-0.05, 0) is 24.8 Å². The predicted molar refractivity (Wildman–Crippen MR) is 83.4 cm³/mol. The first-order valence-corrected chi connectivity index (χ1v) is 7.35. The molecule has 1 fully saturated rings. The van der Waals surface area contributed by atoms with E-state index < -0.39 is 0 Å². The van der Waals surface area contributed by atoms with Gasteiger partial charge in [0.1, 0.15) is 0 Å². The minimum absolute atomic E-state index is 0.00246. The lowest BCUT2D eigenvalue weighted by molar-refractivity contribution is 0.681. The normalized spacial score (nSPS) is 15.7. The molecular formula is C16H20N4O. The van der Waals surface area contributed by atoms with Crippen LogP contribution in [0, 0.1) is 0 Å². The maximum atomic E-state index is 12.4. The van der Waals surface area contributed by atoms with E-state index in [1.807, 2.05) is 18.2 Å². The quantitative estimate of drug-likeness (QED) is 0.844. The van der Waals surface area contributed by atoms with Gasteiger partial charge in [-0.1, -0.05) is 30.3 Å². The molecule has 3 rings (SSSR count). The van der Waals surface area contributed by atoms with Crippen LogP contribution in [0.3, 0.4) is 0 Å². The molecule has 1 unspecified atom stereocenters. The van der Waals surface area contributed by atoms with Crippen molar-refractivity contribution in [3.8, 4) is 0 Å². The Balaban J connectivity index is 1.75. The third-order valence-electron chi connectivity index (χ3n) is 3.76. The van der Waals surface area contributed by atoms with Crippen LogP contribution >= 0.6 is 0 Å². The summed E-state index contributed by atoms with van der Waals surface area (Å²) < 4.78 is 1.77. The smallest absolute Gasteiger partial charge is 0.293 e. The van der Waals surface area contributed by atoms with Gasteiger partial charge in [-0.25, -0.2) is 4.98 Å². The number of nitrogens with zero attached hydrogens (tertiary/aromatic N) is 2. The van der Waals surface area contributed by atoms with Crippen molar-refractivity contribution in [3.63, 3.8) is 0 Å². The molecule has 21 heavy (non-hydrogen) atoms. The van der Waals surface area contributed by atoms with Gasteiger partial charge in [0.15, 0.2) is 5.82 Å². The summed E-state index contributed by atoms with van der Waals surface area (Å²) in [7, 11) is 0. The molecule has 0 bridgehead atoms. The molecule has 3 N–H and O–H groups in total. The molecule has 0 radical (unpaired) electrons. The van der Waals surface area contributed by atoms with Gasteiger partial charge in [0.05, 0.1) is 0 Å². The van der Waals surface area contributed by atoms with Crippen molar-refractivity contribution >= 4 is 5.82 Å². The number of anilines is 1. The van der Waals surface area contributed by atoms with Crippen molar-refractivity contribution in [2.45, 2.75) is 31.3 Å². The lowest BCUT2D eigenvalue weighted by atomic mass is 10.1. The van der Waals surface area contributed by atoms with Crippen LogP contribution in [0.25, 0.3) is 0 Å². The van der Waals surface area contributed by atoms with E-state index in [1.54, 1.807) is 17.0 Å². The van der Waals surface area contributed by atoms with Crippen molar-refractivity contribution in [1.82, 2.24) is 9.55 Å². The van der Waals surface area contributed by atoms with Crippen LogP contribution in [0.2, 0.25) is 0 Å². The summed E-state index contributed by atoms with van der Waals surface area (Å²) in [6.07, 6.45) is 6.37. The second kappa shape index (κ2) is 6.10. The van der Waals surface area contributed by atoms with Crippen molar-refractivity contribution in [2.75, 3.05) is 11.9 Å². The fourth-order valence-corrected chi connectivity index (χ4v) is 2.45. The number of benzene rings is 1. The van der Waals surface area contributed by atoms with Gasteiger partial charge in [-0.2, -0.15) is 0 Å². The lowest BCUT2D eigenvalue weighted by Crippen LogP contribution is -2.35. The molecule has 1 aliphatic rings. The zero-order valence-electron chi connectivity index (χ0n) is 11.9. The third-order valence-corrected chi connectivity index (χ3v) is 3.76. The van der Waals surface area contributed by atoms with E-state index in [2.05, 4.69) is 22.4 Å². The molecule has 5 nitrogen and oxygen atoms in total. The standard InChI is InChI=1S/C16H20N4O/c17-11-13(10-12-4-2-1-3-5-12)19-15-16(21)20(9-8-18-15)14-6-7-14/h1-5,8-9,13-14H,6-7,10-11,17H2,(H,18,19). The van der Waals surface area contributed by atoms with Crippen molar-refractivity contribution in [2.24, 2.45) is 5.73 Å². The molecule has 2 aromatic rings. The maximum absolute atomic E-state index is 12.4. The third kappa shape index (κ3) is 3.31. The molecule has 1 heterocycles. The van der Waals surface area contributed by atoms with Crippen LogP contribution in [0.15, 0.2) is 47.5 Å². The van der Waals surface area contributed by atoms with Gasteiger partial charge in [0.2, 0.25) is 0 Å². The van der Waals surface area contributed by atoms with Crippen LogP contribution in [0.1, 0.15) is 24.4 Å². The largest absolute Gasteiger partial charge is 0.361 e. The molecular weight excluding hydrogens is 264 g/mol. The van der Waals surface area contributed by atoms with E-state index >= 15 is 0 Å². The first-order chi connectivity index (χ1) is 10.3. The molecule has 1 saturated carbocycles. The van der Waals surface area contributed by atoms with Crippen LogP contribution in [0.5, 0.6) is 0 Å². The lowest BCUT2D eigenvalue weighted by Gasteiger charge is -2.17. The Morgan fingerprint density at radius 3 is 2.76 bits per heavy atom. The molecule has 1 aliphatic carbocycles. The summed E-state index contributed by atoms with van der Waals surface area (Å²) in [5.41, 5.74) is 6.97. The van der Waals surface area contributed by atoms with E-state index in [0.717, 1.165) is 19.3 Å². The maximum Gasteiger partial charge on any atom is 0.293 e. The topological polar surface area (TPSA) is 72.9 Å². The minimum Gasteiger partial charge on any atom is -0.361 e. The number of rotatable bonds is 6. The Morgan fingerprint density at radius 1 is 1.33 bits per heavy atom. The average molecular weight is 284 g/mol. The van der Waals surface area contributed by atoms with Gasteiger partial charge in [0.25, 0.3) is 5.56 Å². The fraction of sp³-hybridized carbons (Fsp3) is 0.375. The number of aromatic nitrogens is 2. The van der Waals surface area contributed by atoms with E-state index in [0.29, 0.717) is 18.4 Å². The van der Waals surface area contributed by atoms with E-state index in [9.17, 15) is 4.79 Å². The Kier molecular flexibility index (Phi) is 4.01. The monoisotopic (exact) mass is 284 g/mol. The summed E-state index contributed by atoms with van der Waals surface area (Å²) in [5, 5.41) is 3.20. The highest BCUT2D eigenvalue weighted by Gasteiger charge is 2.25. The van der Waals surface area contributed by atoms with Gasteiger partial charge < -0.3 is 15.6 Å². The second-order valence-electron chi connectivity index (χ2n) is 5.49. The highest BCUT2D eigenvalue weighted by Crippen LogP contribution is 2.33.